The number of nitrogens with zero attached hydrogens (tertiary/aromatic N) is 2. The van der Waals surface area contributed by atoms with E-state index in [4.69, 9.17) is 33.2 Å². The Labute approximate surface area is 416 Å². The van der Waals surface area contributed by atoms with Crippen LogP contribution >= 0.6 is 0 Å². The normalized spacial score (nSPS) is 11.8. The van der Waals surface area contributed by atoms with Gasteiger partial charge in [-0.2, -0.15) is 0 Å². The topological polar surface area (TPSA) is 122 Å². The van der Waals surface area contributed by atoms with Crippen LogP contribution in [0.2, 0.25) is 0 Å². The molecule has 366 valence electrons. The van der Waals surface area contributed by atoms with Crippen molar-refractivity contribution in [3.8, 4) is 34.1 Å². The lowest BCUT2D eigenvalue weighted by Crippen LogP contribution is -2.17. The molecule has 0 aromatic heterocycles. The highest BCUT2D eigenvalue weighted by molar-refractivity contribution is 5.90. The van der Waals surface area contributed by atoms with Crippen LogP contribution < -0.4 is 28.7 Å². The van der Waals surface area contributed by atoms with E-state index >= 15 is 0 Å². The highest BCUT2D eigenvalue weighted by Crippen LogP contribution is 2.52. The number of benzene rings is 6. The summed E-state index contributed by atoms with van der Waals surface area (Å²) in [5.74, 6) is 1.32. The third kappa shape index (κ3) is 12.3. The first-order chi connectivity index (χ1) is 34.1. The van der Waals surface area contributed by atoms with Crippen molar-refractivity contribution >= 4 is 52.0 Å². The number of rotatable bonds is 23. The molecule has 0 atom stereocenters. The number of hydrogen-bond donors (Lipinski definition) is 0. The average molecular weight is 957 g/mol. The highest BCUT2D eigenvalue weighted by Gasteiger charge is 2.37. The molecule has 0 aliphatic heterocycles. The second-order valence-electron chi connectivity index (χ2n) is 17.5. The summed E-state index contributed by atoms with van der Waals surface area (Å²) in [5.41, 5.74) is 10.8. The minimum atomic E-state index is -0.457. The van der Waals surface area contributed by atoms with Gasteiger partial charge in [0.15, 0.2) is 0 Å². The van der Waals surface area contributed by atoms with Crippen LogP contribution in [0.4, 0.5) is 34.1 Å². The van der Waals surface area contributed by atoms with Crippen molar-refractivity contribution in [3.63, 3.8) is 0 Å². The molecule has 0 amide bonds. The van der Waals surface area contributed by atoms with E-state index in [0.717, 1.165) is 51.0 Å². The molecule has 0 radical (unpaired) electrons. The average Bonchev–Trinajstić information content (AvgIpc) is 3.59. The lowest BCUT2D eigenvalue weighted by atomic mass is 9.82. The van der Waals surface area contributed by atoms with Crippen molar-refractivity contribution in [1.29, 1.82) is 0 Å². The summed E-state index contributed by atoms with van der Waals surface area (Å²) in [5, 5.41) is 0. The summed E-state index contributed by atoms with van der Waals surface area (Å²) >= 11 is 0. The summed E-state index contributed by atoms with van der Waals surface area (Å²) in [6.07, 6.45) is 0. The monoisotopic (exact) mass is 956 g/mol. The van der Waals surface area contributed by atoms with E-state index in [9.17, 15) is 14.4 Å². The van der Waals surface area contributed by atoms with E-state index in [1.54, 1.807) is 20.8 Å². The minimum Gasteiger partial charge on any atom is -0.494 e. The maximum Gasteiger partial charge on any atom is 0.333 e. The van der Waals surface area contributed by atoms with Crippen molar-refractivity contribution in [3.05, 3.63) is 181 Å². The predicted octanol–water partition coefficient (Wildman–Crippen LogP) is 12.8. The Bertz CT molecular complexity index is 2810. The Morgan fingerprint density at radius 3 is 0.944 bits per heavy atom. The van der Waals surface area contributed by atoms with Crippen LogP contribution in [-0.4, -0.2) is 64.2 Å². The molecule has 0 saturated heterocycles. The zero-order valence-electron chi connectivity index (χ0n) is 41.2. The van der Waals surface area contributed by atoms with E-state index in [2.05, 4.69) is 91.9 Å². The Kier molecular flexibility index (Phi) is 16.3. The van der Waals surface area contributed by atoms with Gasteiger partial charge in [-0.15, -0.1) is 0 Å². The predicted molar refractivity (Wildman–Crippen MR) is 278 cm³/mol. The third-order valence-electron chi connectivity index (χ3n) is 11.7. The van der Waals surface area contributed by atoms with Gasteiger partial charge in [0.05, 0.1) is 6.61 Å². The van der Waals surface area contributed by atoms with Crippen LogP contribution in [0.1, 0.15) is 52.7 Å². The van der Waals surface area contributed by atoms with E-state index < -0.39 is 23.3 Å². The van der Waals surface area contributed by atoms with Crippen molar-refractivity contribution < 1.29 is 47.5 Å². The lowest BCUT2D eigenvalue weighted by molar-refractivity contribution is -0.140. The number of carbonyl (C=O) groups excluding carboxylic acids is 3. The van der Waals surface area contributed by atoms with Crippen LogP contribution in [0.25, 0.3) is 11.1 Å². The van der Waals surface area contributed by atoms with Crippen LogP contribution in [0.3, 0.4) is 0 Å². The molecule has 0 fully saturated rings. The highest BCUT2D eigenvalue weighted by atomic mass is 16.6. The SMILES string of the molecule is C=C(C)C(=O)OCCOc1ccc(N(c2ccc(OCC)cc2)c2ccc3c(c2)C(C)(C)c2cc(N(c4ccc(OCCOC(=O)C(=C)C)cc4)c4ccc(OCCOC(=O)C(=C)C)cc4)ccc2-3)cc1. The van der Waals surface area contributed by atoms with Crippen LogP contribution in [-0.2, 0) is 34.0 Å². The standard InChI is InChI=1S/C59H60N2O10/c1-10-65-48-21-11-42(12-22-48)60(43-13-23-49(24-14-43)66-31-34-69-56(62)39(2)3)46-19-29-52-53-30-20-47(38-55(53)59(8,9)54(52)37-46)61(44-15-25-50(26-16-44)67-32-35-70-57(63)40(4)5)45-17-27-51(28-18-45)68-33-36-71-58(64)41(6)7/h11-30,37-38H,2,4,6,10,31-36H2,1,3,5,7-9H3. The second kappa shape index (κ2) is 22.9. The molecule has 7 rings (SSSR count). The number of ether oxygens (including phenoxy) is 7. The van der Waals surface area contributed by atoms with Gasteiger partial charge < -0.3 is 43.0 Å². The summed E-state index contributed by atoms with van der Waals surface area (Å²) < 4.78 is 39.2. The third-order valence-corrected chi connectivity index (χ3v) is 11.7. The molecule has 12 heteroatoms. The fraction of sp³-hybridized carbons (Fsp3) is 0.237. The molecular weight excluding hydrogens is 897 g/mol. The molecule has 1 aliphatic carbocycles. The number of hydrogen-bond acceptors (Lipinski definition) is 12. The first-order valence-electron chi connectivity index (χ1n) is 23.4. The maximum absolute atomic E-state index is 11.9. The van der Waals surface area contributed by atoms with Gasteiger partial charge in [0.1, 0.15) is 62.6 Å². The van der Waals surface area contributed by atoms with Crippen molar-refractivity contribution in [2.24, 2.45) is 0 Å². The van der Waals surface area contributed by atoms with E-state index in [1.165, 1.54) is 11.1 Å². The van der Waals surface area contributed by atoms with Gasteiger partial charge in [-0.3, -0.25) is 0 Å². The van der Waals surface area contributed by atoms with Gasteiger partial charge in [0, 0.05) is 56.3 Å². The number of esters is 3. The molecule has 0 unspecified atom stereocenters. The molecule has 12 nitrogen and oxygen atoms in total. The largest absolute Gasteiger partial charge is 0.494 e. The number of fused-ring (bicyclic) bond motifs is 3. The van der Waals surface area contributed by atoms with Crippen LogP contribution in [0.5, 0.6) is 23.0 Å². The Morgan fingerprint density at radius 1 is 0.408 bits per heavy atom. The van der Waals surface area contributed by atoms with Crippen LogP contribution in [0, 0.1) is 0 Å². The summed E-state index contributed by atoms with van der Waals surface area (Å²) in [6, 6.07) is 44.7. The van der Waals surface area contributed by atoms with Crippen molar-refractivity contribution in [2.45, 2.75) is 47.0 Å². The summed E-state index contributed by atoms with van der Waals surface area (Å²) in [4.78, 5) is 40.0. The van der Waals surface area contributed by atoms with Gasteiger partial charge >= 0.3 is 17.9 Å². The fourth-order valence-corrected chi connectivity index (χ4v) is 8.07. The smallest absolute Gasteiger partial charge is 0.333 e. The quantitative estimate of drug-likeness (QED) is 0.0263. The summed E-state index contributed by atoms with van der Waals surface area (Å²) in [7, 11) is 0. The second-order valence-corrected chi connectivity index (χ2v) is 17.5. The first-order valence-corrected chi connectivity index (χ1v) is 23.4. The zero-order chi connectivity index (χ0) is 50.7. The van der Waals surface area contributed by atoms with E-state index in [0.29, 0.717) is 40.6 Å². The molecule has 1 aliphatic rings. The zero-order valence-corrected chi connectivity index (χ0v) is 41.2. The maximum atomic E-state index is 11.9. The van der Waals surface area contributed by atoms with Gasteiger partial charge in [-0.1, -0.05) is 45.7 Å². The Balaban J connectivity index is 1.18. The van der Waals surface area contributed by atoms with Gasteiger partial charge in [0.25, 0.3) is 0 Å². The first kappa shape index (κ1) is 50.6. The number of anilines is 6. The van der Waals surface area contributed by atoms with E-state index in [-0.39, 0.29) is 39.6 Å². The minimum absolute atomic E-state index is 0.0975. The molecular formula is C59H60N2O10. The van der Waals surface area contributed by atoms with Gasteiger partial charge in [-0.05, 0) is 171 Å². The molecule has 6 aromatic carbocycles. The Morgan fingerprint density at radius 2 is 0.676 bits per heavy atom. The number of carbonyl (C=O) groups is 3. The van der Waals surface area contributed by atoms with Gasteiger partial charge in [0.2, 0.25) is 0 Å². The Hall–Kier alpha value is -8.25. The van der Waals surface area contributed by atoms with Crippen molar-refractivity contribution in [2.75, 3.05) is 56.0 Å². The molecule has 0 heterocycles. The molecule has 6 aromatic rings. The molecule has 71 heavy (non-hydrogen) atoms. The molecule has 0 bridgehead atoms. The van der Waals surface area contributed by atoms with Gasteiger partial charge in [-0.25, -0.2) is 14.4 Å². The van der Waals surface area contributed by atoms with Crippen LogP contribution in [0.15, 0.2) is 170 Å². The van der Waals surface area contributed by atoms with E-state index in [1.807, 2.05) is 91.9 Å². The lowest BCUT2D eigenvalue weighted by Gasteiger charge is -2.29. The molecule has 0 N–H and O–H groups in total. The molecule has 0 saturated carbocycles. The fourth-order valence-electron chi connectivity index (χ4n) is 8.07. The molecule has 0 spiro atoms. The van der Waals surface area contributed by atoms with Crippen molar-refractivity contribution in [1.82, 2.24) is 0 Å². The summed E-state index contributed by atoms with van der Waals surface area (Å²) in [6.45, 7) is 23.6.